The molecule has 5 atom stereocenters. The lowest BCUT2D eigenvalue weighted by molar-refractivity contribution is -0.142. The molecule has 0 aliphatic rings. The van der Waals surface area contributed by atoms with Crippen molar-refractivity contribution in [2.75, 3.05) is 12.0 Å². The number of benzene rings is 1. The van der Waals surface area contributed by atoms with Crippen molar-refractivity contribution >= 4 is 35.5 Å². The molecule has 1 rings (SSSR count). The van der Waals surface area contributed by atoms with E-state index in [1.54, 1.807) is 24.3 Å². The molecule has 0 saturated heterocycles. The molecule has 5 unspecified atom stereocenters. The first-order valence-electron chi connectivity index (χ1n) is 11.6. The van der Waals surface area contributed by atoms with Gasteiger partial charge in [-0.05, 0) is 43.3 Å². The number of aliphatic carboxylic acids is 1. The lowest BCUT2D eigenvalue weighted by Crippen LogP contribution is -2.58. The van der Waals surface area contributed by atoms with Gasteiger partial charge in [-0.1, -0.05) is 44.2 Å². The molecule has 1 aromatic rings. The van der Waals surface area contributed by atoms with E-state index in [0.29, 0.717) is 5.75 Å². The van der Waals surface area contributed by atoms with Crippen molar-refractivity contribution in [2.45, 2.75) is 70.3 Å². The van der Waals surface area contributed by atoms with Crippen LogP contribution < -0.4 is 21.7 Å². The minimum atomic E-state index is -1.21. The number of rotatable bonds is 15. The summed E-state index contributed by atoms with van der Waals surface area (Å²) in [6, 6.07) is 4.63. The second-order valence-corrected chi connectivity index (χ2v) is 9.87. The van der Waals surface area contributed by atoms with Crippen molar-refractivity contribution in [3.63, 3.8) is 0 Å². The van der Waals surface area contributed by atoms with Crippen LogP contribution in [0.15, 0.2) is 30.3 Å². The zero-order valence-electron chi connectivity index (χ0n) is 20.7. The second-order valence-electron chi connectivity index (χ2n) is 8.89. The fourth-order valence-corrected chi connectivity index (χ4v) is 3.76. The highest BCUT2D eigenvalue weighted by Gasteiger charge is 2.31. The summed E-state index contributed by atoms with van der Waals surface area (Å²) in [6.07, 6.45) is 1.38. The van der Waals surface area contributed by atoms with E-state index < -0.39 is 54.0 Å². The number of hydrogen-bond donors (Lipinski definition) is 6. The third-order valence-corrected chi connectivity index (χ3v) is 5.95. The van der Waals surface area contributed by atoms with Gasteiger partial charge < -0.3 is 31.9 Å². The molecule has 10 nitrogen and oxygen atoms in total. The molecule has 1 aromatic carbocycles. The zero-order valence-corrected chi connectivity index (χ0v) is 21.5. The van der Waals surface area contributed by atoms with Crippen molar-refractivity contribution in [1.29, 1.82) is 0 Å². The topological polar surface area (TPSA) is 171 Å². The molecule has 0 heterocycles. The number of aliphatic hydroxyl groups excluding tert-OH is 1. The SMILES string of the molecule is CSCCC(NC(=O)C(N)C(C)O)C(=O)NC(Cc1ccccc1)C(=O)NC(CC(C)C)C(=O)O. The molecular weight excluding hydrogens is 472 g/mol. The van der Waals surface area contributed by atoms with Crippen molar-refractivity contribution in [3.8, 4) is 0 Å². The van der Waals surface area contributed by atoms with Crippen LogP contribution in [-0.2, 0) is 25.6 Å². The molecule has 0 radical (unpaired) electrons. The van der Waals surface area contributed by atoms with E-state index >= 15 is 0 Å². The Labute approximate surface area is 210 Å². The summed E-state index contributed by atoms with van der Waals surface area (Å²) in [5.74, 6) is -2.50. The molecule has 0 fully saturated rings. The van der Waals surface area contributed by atoms with E-state index in [1.807, 2.05) is 26.2 Å². The summed E-state index contributed by atoms with van der Waals surface area (Å²) >= 11 is 1.48. The van der Waals surface area contributed by atoms with Gasteiger partial charge in [-0.25, -0.2) is 4.79 Å². The van der Waals surface area contributed by atoms with Crippen LogP contribution >= 0.6 is 11.8 Å². The van der Waals surface area contributed by atoms with Gasteiger partial charge in [0.05, 0.1) is 6.10 Å². The van der Waals surface area contributed by atoms with E-state index in [2.05, 4.69) is 16.0 Å². The van der Waals surface area contributed by atoms with Crippen LogP contribution in [0.4, 0.5) is 0 Å². The standard InChI is InChI=1S/C24H38N4O6S/c1-14(2)12-19(24(33)34)28-22(31)18(13-16-8-6-5-7-9-16)27-21(30)17(10-11-35-4)26-23(32)20(25)15(3)29/h5-9,14-15,17-20,29H,10-13,25H2,1-4H3,(H,26,32)(H,27,30)(H,28,31)(H,33,34). The Hall–Kier alpha value is -2.63. The third-order valence-electron chi connectivity index (χ3n) is 5.30. The highest BCUT2D eigenvalue weighted by molar-refractivity contribution is 7.98. The summed E-state index contributed by atoms with van der Waals surface area (Å²) in [5.41, 5.74) is 6.46. The first-order valence-corrected chi connectivity index (χ1v) is 13.0. The Bertz CT molecular complexity index is 837. The van der Waals surface area contributed by atoms with Gasteiger partial charge in [0.25, 0.3) is 0 Å². The van der Waals surface area contributed by atoms with Crippen molar-refractivity contribution < 1.29 is 29.4 Å². The molecule has 7 N–H and O–H groups in total. The highest BCUT2D eigenvalue weighted by atomic mass is 32.2. The monoisotopic (exact) mass is 510 g/mol. The van der Waals surface area contributed by atoms with Crippen LogP contribution in [-0.4, -0.2) is 76.2 Å². The van der Waals surface area contributed by atoms with E-state index in [-0.39, 0.29) is 25.2 Å². The van der Waals surface area contributed by atoms with Gasteiger partial charge in [-0.3, -0.25) is 14.4 Å². The van der Waals surface area contributed by atoms with Crippen LogP contribution in [0.25, 0.3) is 0 Å². The quantitative estimate of drug-likeness (QED) is 0.195. The Morgan fingerprint density at radius 1 is 0.914 bits per heavy atom. The van der Waals surface area contributed by atoms with E-state index in [9.17, 15) is 29.4 Å². The fourth-order valence-electron chi connectivity index (χ4n) is 3.29. The number of carbonyl (C=O) groups is 4. The van der Waals surface area contributed by atoms with Gasteiger partial charge >= 0.3 is 5.97 Å². The number of hydrogen-bond acceptors (Lipinski definition) is 7. The number of carbonyl (C=O) groups excluding carboxylic acids is 3. The Morgan fingerprint density at radius 3 is 1.97 bits per heavy atom. The van der Waals surface area contributed by atoms with Gasteiger partial charge in [0.15, 0.2) is 0 Å². The van der Waals surface area contributed by atoms with Gasteiger partial charge in [0, 0.05) is 6.42 Å². The average Bonchev–Trinajstić information content (AvgIpc) is 2.80. The maximum Gasteiger partial charge on any atom is 0.326 e. The largest absolute Gasteiger partial charge is 0.480 e. The number of amides is 3. The average molecular weight is 511 g/mol. The van der Waals surface area contributed by atoms with E-state index in [1.165, 1.54) is 18.7 Å². The molecule has 11 heteroatoms. The predicted octanol–water partition coefficient (Wildman–Crippen LogP) is 0.275. The first-order chi connectivity index (χ1) is 16.5. The maximum atomic E-state index is 13.1. The molecule has 0 aromatic heterocycles. The van der Waals surface area contributed by atoms with Gasteiger partial charge in [0.2, 0.25) is 17.7 Å². The van der Waals surface area contributed by atoms with Gasteiger partial charge in [-0.15, -0.1) is 0 Å². The van der Waals surface area contributed by atoms with Crippen molar-refractivity contribution in [3.05, 3.63) is 35.9 Å². The Morgan fingerprint density at radius 2 is 1.46 bits per heavy atom. The summed E-state index contributed by atoms with van der Waals surface area (Å²) in [5, 5.41) is 26.9. The summed E-state index contributed by atoms with van der Waals surface area (Å²) in [6.45, 7) is 5.07. The van der Waals surface area contributed by atoms with Gasteiger partial charge in [-0.2, -0.15) is 11.8 Å². The molecule has 0 bridgehead atoms. The number of carboxylic acid groups (broad SMARTS) is 1. The van der Waals surface area contributed by atoms with Crippen LogP contribution in [0.1, 0.15) is 39.2 Å². The summed E-state index contributed by atoms with van der Waals surface area (Å²) in [4.78, 5) is 50.3. The third kappa shape index (κ3) is 11.1. The van der Waals surface area contributed by atoms with E-state index in [0.717, 1.165) is 5.56 Å². The number of nitrogens with one attached hydrogen (secondary N) is 3. The summed E-state index contributed by atoms with van der Waals surface area (Å²) < 4.78 is 0. The molecule has 196 valence electrons. The molecule has 0 aliphatic carbocycles. The Kier molecular flexibility index (Phi) is 13.4. The van der Waals surface area contributed by atoms with Crippen LogP contribution in [0, 0.1) is 5.92 Å². The number of nitrogens with two attached hydrogens (primary N) is 1. The lowest BCUT2D eigenvalue weighted by atomic mass is 10.0. The molecule has 0 aliphatic heterocycles. The van der Waals surface area contributed by atoms with Crippen LogP contribution in [0.2, 0.25) is 0 Å². The van der Waals surface area contributed by atoms with E-state index in [4.69, 9.17) is 5.73 Å². The van der Waals surface area contributed by atoms with Crippen LogP contribution in [0.3, 0.4) is 0 Å². The predicted molar refractivity (Wildman–Crippen MR) is 136 cm³/mol. The van der Waals surface area contributed by atoms with Crippen LogP contribution in [0.5, 0.6) is 0 Å². The van der Waals surface area contributed by atoms with Gasteiger partial charge in [0.1, 0.15) is 24.2 Å². The zero-order chi connectivity index (χ0) is 26.5. The molecule has 0 saturated carbocycles. The minimum absolute atomic E-state index is 0.0304. The lowest BCUT2D eigenvalue weighted by Gasteiger charge is -2.26. The second kappa shape index (κ2) is 15.4. The maximum absolute atomic E-state index is 13.1. The highest BCUT2D eigenvalue weighted by Crippen LogP contribution is 2.09. The smallest absolute Gasteiger partial charge is 0.326 e. The fraction of sp³-hybridized carbons (Fsp3) is 0.583. The number of aliphatic hydroxyl groups is 1. The van der Waals surface area contributed by atoms with Crippen molar-refractivity contribution in [1.82, 2.24) is 16.0 Å². The normalized spacial score (nSPS) is 15.4. The molecule has 0 spiro atoms. The Balaban J connectivity index is 3.10. The molecule has 35 heavy (non-hydrogen) atoms. The molecular formula is C24H38N4O6S. The summed E-state index contributed by atoms with van der Waals surface area (Å²) in [7, 11) is 0. The minimum Gasteiger partial charge on any atom is -0.480 e. The molecule has 3 amide bonds. The number of thioether (sulfide) groups is 1. The van der Waals surface area contributed by atoms with Crippen molar-refractivity contribution in [2.24, 2.45) is 11.7 Å². The number of carboxylic acids is 1. The first kappa shape index (κ1) is 30.4.